The third-order valence-corrected chi connectivity index (χ3v) is 5.22. The van der Waals surface area contributed by atoms with E-state index in [1.807, 2.05) is 18.2 Å². The first kappa shape index (κ1) is 15.1. The van der Waals surface area contributed by atoms with Crippen LogP contribution in [0.2, 0.25) is 5.02 Å². The van der Waals surface area contributed by atoms with Gasteiger partial charge in [-0.05, 0) is 54.0 Å². The Kier molecular flexibility index (Phi) is 4.68. The topological polar surface area (TPSA) is 20.2 Å². The van der Waals surface area contributed by atoms with Gasteiger partial charge in [0.05, 0.1) is 6.10 Å². The molecule has 1 nitrogen and oxygen atoms in total. The van der Waals surface area contributed by atoms with E-state index in [0.29, 0.717) is 12.3 Å². The fourth-order valence-corrected chi connectivity index (χ4v) is 3.88. The molecule has 2 atom stereocenters. The Morgan fingerprint density at radius 1 is 1.19 bits per heavy atom. The van der Waals surface area contributed by atoms with Crippen LogP contribution in [0.5, 0.6) is 0 Å². The van der Waals surface area contributed by atoms with Crippen molar-refractivity contribution in [1.82, 2.24) is 0 Å². The van der Waals surface area contributed by atoms with E-state index < -0.39 is 0 Å². The summed E-state index contributed by atoms with van der Waals surface area (Å²) in [5.74, 6) is 0.319. The first-order valence-electron chi connectivity index (χ1n) is 7.32. The second kappa shape index (κ2) is 6.51. The molecular formula is C18H18BrClO. The van der Waals surface area contributed by atoms with Gasteiger partial charge in [0, 0.05) is 15.9 Å². The molecule has 1 N–H and O–H groups in total. The van der Waals surface area contributed by atoms with Crippen LogP contribution in [0.1, 0.15) is 23.1 Å². The van der Waals surface area contributed by atoms with E-state index in [4.69, 9.17) is 11.6 Å². The van der Waals surface area contributed by atoms with Crippen molar-refractivity contribution in [3.63, 3.8) is 0 Å². The van der Waals surface area contributed by atoms with Gasteiger partial charge in [-0.15, -0.1) is 0 Å². The molecule has 0 fully saturated rings. The number of aliphatic hydroxyl groups excluding tert-OH is 1. The second-order valence-corrected chi connectivity index (χ2v) is 7.10. The summed E-state index contributed by atoms with van der Waals surface area (Å²) >= 11 is 9.66. The van der Waals surface area contributed by atoms with Crippen LogP contribution in [-0.4, -0.2) is 11.2 Å². The largest absolute Gasteiger partial charge is 0.392 e. The van der Waals surface area contributed by atoms with Gasteiger partial charge in [-0.3, -0.25) is 0 Å². The minimum Gasteiger partial charge on any atom is -0.392 e. The number of aliphatic hydroxyl groups is 1. The molecule has 0 aliphatic heterocycles. The van der Waals surface area contributed by atoms with Gasteiger partial charge in [0.1, 0.15) is 0 Å². The summed E-state index contributed by atoms with van der Waals surface area (Å²) in [7, 11) is 0. The van der Waals surface area contributed by atoms with Crippen LogP contribution in [0.25, 0.3) is 0 Å². The molecule has 2 unspecified atom stereocenters. The smallest absolute Gasteiger partial charge is 0.0612 e. The number of fused-ring (bicyclic) bond motifs is 1. The third-order valence-electron chi connectivity index (χ3n) is 4.37. The molecule has 0 saturated heterocycles. The summed E-state index contributed by atoms with van der Waals surface area (Å²) in [6, 6.07) is 14.4. The van der Waals surface area contributed by atoms with Crippen LogP contribution in [0.4, 0.5) is 0 Å². The summed E-state index contributed by atoms with van der Waals surface area (Å²) in [6.45, 7) is 0. The van der Waals surface area contributed by atoms with Gasteiger partial charge >= 0.3 is 0 Å². The van der Waals surface area contributed by atoms with E-state index in [-0.39, 0.29) is 6.10 Å². The number of rotatable bonds is 3. The Bertz CT molecular complexity index is 641. The Hall–Kier alpha value is -0.830. The zero-order valence-corrected chi connectivity index (χ0v) is 14.1. The van der Waals surface area contributed by atoms with Crippen molar-refractivity contribution >= 4 is 27.5 Å². The molecule has 0 saturated carbocycles. The molecule has 2 aromatic rings. The molecule has 21 heavy (non-hydrogen) atoms. The lowest BCUT2D eigenvalue weighted by Crippen LogP contribution is -2.28. The van der Waals surface area contributed by atoms with E-state index in [0.717, 1.165) is 34.3 Å². The molecule has 1 aliphatic carbocycles. The van der Waals surface area contributed by atoms with Gasteiger partial charge in [0.15, 0.2) is 0 Å². The van der Waals surface area contributed by atoms with E-state index in [1.54, 1.807) is 0 Å². The Labute approximate surface area is 139 Å². The fourth-order valence-electron chi connectivity index (χ4n) is 3.13. The average Bonchev–Trinajstić information content (AvgIpc) is 2.49. The minimum absolute atomic E-state index is 0.319. The number of aryl methyl sites for hydroxylation is 1. The van der Waals surface area contributed by atoms with Gasteiger partial charge in [0.25, 0.3) is 0 Å². The van der Waals surface area contributed by atoms with Crippen LogP contribution in [0.15, 0.2) is 46.9 Å². The summed E-state index contributed by atoms with van der Waals surface area (Å²) < 4.78 is 0.970. The zero-order valence-electron chi connectivity index (χ0n) is 11.7. The predicted molar refractivity (Wildman–Crippen MR) is 90.8 cm³/mol. The first-order valence-corrected chi connectivity index (χ1v) is 8.49. The van der Waals surface area contributed by atoms with Crippen molar-refractivity contribution in [2.45, 2.75) is 31.8 Å². The summed E-state index contributed by atoms with van der Waals surface area (Å²) in [6.07, 6.45) is 3.36. The van der Waals surface area contributed by atoms with Crippen molar-refractivity contribution in [2.24, 2.45) is 5.92 Å². The molecule has 3 rings (SSSR count). The van der Waals surface area contributed by atoms with E-state index in [9.17, 15) is 5.11 Å². The van der Waals surface area contributed by atoms with Crippen molar-refractivity contribution in [3.05, 3.63) is 68.7 Å². The summed E-state index contributed by atoms with van der Waals surface area (Å²) in [5, 5.41) is 11.3. The number of hydrogen-bond donors (Lipinski definition) is 1. The lowest BCUT2D eigenvalue weighted by molar-refractivity contribution is 0.0993. The normalized spacial score (nSPS) is 19.1. The van der Waals surface area contributed by atoms with Crippen LogP contribution in [0, 0.1) is 5.92 Å². The van der Waals surface area contributed by atoms with Gasteiger partial charge in [-0.25, -0.2) is 0 Å². The molecule has 0 amide bonds. The number of hydrogen-bond acceptors (Lipinski definition) is 1. The molecule has 2 aromatic carbocycles. The van der Waals surface area contributed by atoms with Crippen LogP contribution >= 0.6 is 27.5 Å². The molecule has 1 aliphatic rings. The molecule has 0 bridgehead atoms. The second-order valence-electron chi connectivity index (χ2n) is 5.78. The third kappa shape index (κ3) is 3.50. The van der Waals surface area contributed by atoms with E-state index in [2.05, 4.69) is 40.2 Å². The molecule has 0 aromatic heterocycles. The van der Waals surface area contributed by atoms with E-state index in [1.165, 1.54) is 11.1 Å². The van der Waals surface area contributed by atoms with Crippen LogP contribution in [0.3, 0.4) is 0 Å². The Morgan fingerprint density at radius 2 is 1.95 bits per heavy atom. The molecular weight excluding hydrogens is 348 g/mol. The summed E-state index contributed by atoms with van der Waals surface area (Å²) in [5.41, 5.74) is 3.84. The highest BCUT2D eigenvalue weighted by Crippen LogP contribution is 2.30. The Balaban J connectivity index is 1.70. The maximum atomic E-state index is 10.6. The van der Waals surface area contributed by atoms with Crippen LogP contribution in [-0.2, 0) is 19.3 Å². The van der Waals surface area contributed by atoms with E-state index >= 15 is 0 Å². The molecule has 110 valence electrons. The van der Waals surface area contributed by atoms with Gasteiger partial charge in [-0.1, -0.05) is 57.9 Å². The molecule has 0 heterocycles. The van der Waals surface area contributed by atoms with Crippen molar-refractivity contribution < 1.29 is 5.11 Å². The van der Waals surface area contributed by atoms with Crippen molar-refractivity contribution in [2.75, 3.05) is 0 Å². The van der Waals surface area contributed by atoms with Gasteiger partial charge in [0.2, 0.25) is 0 Å². The zero-order chi connectivity index (χ0) is 14.8. The predicted octanol–water partition coefficient (Wildman–Crippen LogP) is 4.81. The SMILES string of the molecule is OC(Cc1ccc(Br)cc1Cl)C1CCc2ccccc2C1. The number of halogens is 2. The van der Waals surface area contributed by atoms with Crippen LogP contribution < -0.4 is 0 Å². The molecule has 0 spiro atoms. The van der Waals surface area contributed by atoms with Gasteiger partial charge in [-0.2, -0.15) is 0 Å². The lowest BCUT2D eigenvalue weighted by Gasteiger charge is -2.28. The quantitative estimate of drug-likeness (QED) is 0.827. The van der Waals surface area contributed by atoms with Crippen molar-refractivity contribution in [3.8, 4) is 0 Å². The molecule has 3 heteroatoms. The Morgan fingerprint density at radius 3 is 2.71 bits per heavy atom. The maximum absolute atomic E-state index is 10.6. The minimum atomic E-state index is -0.336. The highest BCUT2D eigenvalue weighted by atomic mass is 79.9. The monoisotopic (exact) mass is 364 g/mol. The highest BCUT2D eigenvalue weighted by Gasteiger charge is 2.25. The number of benzene rings is 2. The maximum Gasteiger partial charge on any atom is 0.0612 e. The van der Waals surface area contributed by atoms with Crippen molar-refractivity contribution in [1.29, 1.82) is 0 Å². The summed E-state index contributed by atoms with van der Waals surface area (Å²) in [4.78, 5) is 0. The lowest BCUT2D eigenvalue weighted by atomic mass is 9.79. The standard InChI is InChI=1S/C18H18BrClO/c19-16-8-7-14(17(20)11-16)10-18(21)15-6-5-12-3-1-2-4-13(12)9-15/h1-4,7-8,11,15,18,21H,5-6,9-10H2. The fraction of sp³-hybridized carbons (Fsp3) is 0.333. The molecule has 0 radical (unpaired) electrons. The highest BCUT2D eigenvalue weighted by molar-refractivity contribution is 9.10. The van der Waals surface area contributed by atoms with Gasteiger partial charge < -0.3 is 5.11 Å². The average molecular weight is 366 g/mol. The first-order chi connectivity index (χ1) is 10.1.